The molecule has 1 fully saturated rings. The van der Waals surface area contributed by atoms with Gasteiger partial charge in [-0.05, 0) is 19.8 Å². The summed E-state index contributed by atoms with van der Waals surface area (Å²) >= 11 is 0. The fraction of sp³-hybridized carbons (Fsp3) is 0.750. The van der Waals surface area contributed by atoms with E-state index in [9.17, 15) is 9.59 Å². The van der Waals surface area contributed by atoms with E-state index in [1.807, 2.05) is 0 Å². The Morgan fingerprint density at radius 3 is 3.08 bits per heavy atom. The molecule has 0 aromatic carbocycles. The van der Waals surface area contributed by atoms with Crippen LogP contribution < -0.4 is 5.73 Å². The van der Waals surface area contributed by atoms with Crippen LogP contribution in [0.1, 0.15) is 19.8 Å². The Morgan fingerprint density at radius 2 is 2.46 bits per heavy atom. The number of hydrogen-bond donors (Lipinski definition) is 1. The van der Waals surface area contributed by atoms with E-state index in [2.05, 4.69) is 4.74 Å². The van der Waals surface area contributed by atoms with Crippen molar-refractivity contribution in [2.75, 3.05) is 6.54 Å². The lowest BCUT2D eigenvalue weighted by atomic mass is 10.1. The number of carbonyl (C=O) groups is 2. The molecule has 0 saturated carbocycles. The summed E-state index contributed by atoms with van der Waals surface area (Å²) in [7, 11) is 0. The van der Waals surface area contributed by atoms with E-state index in [-0.39, 0.29) is 5.91 Å². The minimum Gasteiger partial charge on any atom is -0.444 e. The highest BCUT2D eigenvalue weighted by molar-refractivity contribution is 5.82. The number of rotatable bonds is 3. The summed E-state index contributed by atoms with van der Waals surface area (Å²) in [5.41, 5.74) is 5.57. The van der Waals surface area contributed by atoms with E-state index in [0.717, 1.165) is 6.42 Å². The van der Waals surface area contributed by atoms with Gasteiger partial charge in [0.25, 0.3) is 6.47 Å². The van der Waals surface area contributed by atoms with Crippen molar-refractivity contribution in [1.29, 1.82) is 0 Å². The first-order valence-corrected chi connectivity index (χ1v) is 4.32. The maximum absolute atomic E-state index is 11.4. The fourth-order valence-electron chi connectivity index (χ4n) is 1.44. The normalized spacial score (nSPS) is 25.5. The van der Waals surface area contributed by atoms with Crippen molar-refractivity contribution in [3.05, 3.63) is 0 Å². The lowest BCUT2D eigenvalue weighted by Gasteiger charge is -2.33. The van der Waals surface area contributed by atoms with E-state index in [1.165, 1.54) is 4.90 Å². The van der Waals surface area contributed by atoms with Crippen LogP contribution in [0.15, 0.2) is 0 Å². The van der Waals surface area contributed by atoms with Crippen molar-refractivity contribution < 1.29 is 14.3 Å². The van der Waals surface area contributed by atoms with Crippen LogP contribution in [0.25, 0.3) is 0 Å². The van der Waals surface area contributed by atoms with Gasteiger partial charge >= 0.3 is 0 Å². The van der Waals surface area contributed by atoms with Crippen LogP contribution in [0.5, 0.6) is 0 Å². The van der Waals surface area contributed by atoms with Crippen molar-refractivity contribution in [3.63, 3.8) is 0 Å². The van der Waals surface area contributed by atoms with Gasteiger partial charge in [0.1, 0.15) is 0 Å². The van der Waals surface area contributed by atoms with Crippen molar-refractivity contribution in [2.45, 2.75) is 32.0 Å². The summed E-state index contributed by atoms with van der Waals surface area (Å²) in [6, 6.07) is -0.438. The summed E-state index contributed by atoms with van der Waals surface area (Å²) < 4.78 is 4.67. The molecule has 1 amide bonds. The number of likely N-dealkylation sites (tertiary alicyclic amines) is 1. The Morgan fingerprint density at radius 1 is 1.77 bits per heavy atom. The molecule has 5 heteroatoms. The van der Waals surface area contributed by atoms with Crippen molar-refractivity contribution in [2.24, 2.45) is 5.73 Å². The van der Waals surface area contributed by atoms with Gasteiger partial charge in [0.05, 0.1) is 6.04 Å². The Bertz CT molecular complexity index is 208. The van der Waals surface area contributed by atoms with Gasteiger partial charge in [-0.1, -0.05) is 0 Å². The van der Waals surface area contributed by atoms with Crippen LogP contribution in [-0.2, 0) is 14.3 Å². The van der Waals surface area contributed by atoms with Crippen LogP contribution in [0.3, 0.4) is 0 Å². The molecule has 2 unspecified atom stereocenters. The second kappa shape index (κ2) is 4.23. The van der Waals surface area contributed by atoms with Crippen LogP contribution in [0, 0.1) is 0 Å². The van der Waals surface area contributed by atoms with Gasteiger partial charge in [0.15, 0.2) is 6.23 Å². The van der Waals surface area contributed by atoms with E-state index in [0.29, 0.717) is 19.4 Å². The number of carbonyl (C=O) groups excluding carboxylic acids is 2. The molecule has 0 radical (unpaired) electrons. The number of nitrogens with two attached hydrogens (primary N) is 1. The Hall–Kier alpha value is -1.10. The topological polar surface area (TPSA) is 72.6 Å². The maximum atomic E-state index is 11.4. The third kappa shape index (κ3) is 2.18. The molecule has 74 valence electrons. The molecule has 13 heavy (non-hydrogen) atoms. The molecule has 2 N–H and O–H groups in total. The van der Waals surface area contributed by atoms with Gasteiger partial charge in [0.2, 0.25) is 5.91 Å². The van der Waals surface area contributed by atoms with Crippen molar-refractivity contribution in [1.82, 2.24) is 4.90 Å². The first-order chi connectivity index (χ1) is 6.16. The Labute approximate surface area is 76.8 Å². The SMILES string of the molecule is CC(OC=O)N1CCCC(N)C1=O. The molecular formula is C8H14N2O3. The molecule has 0 aliphatic carbocycles. The Balaban J connectivity index is 2.56. The third-order valence-corrected chi connectivity index (χ3v) is 2.21. The predicted molar refractivity (Wildman–Crippen MR) is 45.5 cm³/mol. The van der Waals surface area contributed by atoms with E-state index in [1.54, 1.807) is 6.92 Å². The molecule has 5 nitrogen and oxygen atoms in total. The number of hydrogen-bond acceptors (Lipinski definition) is 4. The molecule has 0 bridgehead atoms. The average molecular weight is 186 g/mol. The second-order valence-corrected chi connectivity index (χ2v) is 3.11. The first kappa shape index (κ1) is 9.98. The fourth-order valence-corrected chi connectivity index (χ4v) is 1.44. The molecule has 2 atom stereocenters. The van der Waals surface area contributed by atoms with Crippen molar-refractivity contribution in [3.8, 4) is 0 Å². The molecule has 1 heterocycles. The zero-order chi connectivity index (χ0) is 9.84. The van der Waals surface area contributed by atoms with Gasteiger partial charge in [-0.15, -0.1) is 0 Å². The molecule has 1 aliphatic heterocycles. The average Bonchev–Trinajstić information content (AvgIpc) is 2.10. The Kier molecular flexibility index (Phi) is 3.25. The monoisotopic (exact) mass is 186 g/mol. The molecule has 1 aliphatic rings. The molecule has 1 rings (SSSR count). The lowest BCUT2D eigenvalue weighted by Crippen LogP contribution is -2.52. The number of amides is 1. The lowest BCUT2D eigenvalue weighted by molar-refractivity contribution is -0.155. The first-order valence-electron chi connectivity index (χ1n) is 4.32. The highest BCUT2D eigenvalue weighted by Crippen LogP contribution is 2.13. The van der Waals surface area contributed by atoms with Gasteiger partial charge < -0.3 is 15.4 Å². The zero-order valence-electron chi connectivity index (χ0n) is 7.60. The summed E-state index contributed by atoms with van der Waals surface area (Å²) in [4.78, 5) is 23.0. The standard InChI is InChI=1S/C8H14N2O3/c1-6(13-5-11)10-4-2-3-7(9)8(10)12/h5-7H,2-4,9H2,1H3. The number of piperidine rings is 1. The van der Waals surface area contributed by atoms with Crippen molar-refractivity contribution >= 4 is 12.4 Å². The van der Waals surface area contributed by atoms with Gasteiger partial charge in [0, 0.05) is 6.54 Å². The predicted octanol–water partition coefficient (Wildman–Crippen LogP) is -0.545. The summed E-state index contributed by atoms with van der Waals surface area (Å²) in [5.74, 6) is -0.138. The number of ether oxygens (including phenoxy) is 1. The summed E-state index contributed by atoms with van der Waals surface area (Å²) in [6.45, 7) is 2.62. The molecular weight excluding hydrogens is 172 g/mol. The summed E-state index contributed by atoms with van der Waals surface area (Å²) in [5, 5.41) is 0. The molecule has 1 saturated heterocycles. The summed E-state index contributed by atoms with van der Waals surface area (Å²) in [6.07, 6.45) is 1.07. The highest BCUT2D eigenvalue weighted by atomic mass is 16.5. The zero-order valence-corrected chi connectivity index (χ0v) is 7.60. The minimum absolute atomic E-state index is 0.138. The quantitative estimate of drug-likeness (QED) is 0.600. The van der Waals surface area contributed by atoms with Crippen LogP contribution >= 0.6 is 0 Å². The van der Waals surface area contributed by atoms with E-state index < -0.39 is 12.3 Å². The third-order valence-electron chi connectivity index (χ3n) is 2.21. The number of nitrogens with zero attached hydrogens (tertiary/aromatic N) is 1. The van der Waals surface area contributed by atoms with Gasteiger partial charge in [-0.3, -0.25) is 9.59 Å². The minimum atomic E-state index is -0.503. The largest absolute Gasteiger partial charge is 0.444 e. The van der Waals surface area contributed by atoms with Gasteiger partial charge in [-0.25, -0.2) is 0 Å². The molecule has 0 aromatic heterocycles. The van der Waals surface area contributed by atoms with Gasteiger partial charge in [-0.2, -0.15) is 0 Å². The molecule has 0 aromatic rings. The van der Waals surface area contributed by atoms with Crippen LogP contribution in [0.2, 0.25) is 0 Å². The van der Waals surface area contributed by atoms with E-state index >= 15 is 0 Å². The maximum Gasteiger partial charge on any atom is 0.294 e. The smallest absolute Gasteiger partial charge is 0.294 e. The van der Waals surface area contributed by atoms with E-state index in [4.69, 9.17) is 5.73 Å². The van der Waals surface area contributed by atoms with Crippen LogP contribution in [0.4, 0.5) is 0 Å². The molecule has 0 spiro atoms. The highest BCUT2D eigenvalue weighted by Gasteiger charge is 2.29. The van der Waals surface area contributed by atoms with Crippen LogP contribution in [-0.4, -0.2) is 36.1 Å². The second-order valence-electron chi connectivity index (χ2n) is 3.11.